The third-order valence-corrected chi connectivity index (χ3v) is 13.6. The zero-order valence-electron chi connectivity index (χ0n) is 38.2. The summed E-state index contributed by atoms with van der Waals surface area (Å²) in [6, 6.07) is 11.7. The molecule has 64 heavy (non-hydrogen) atoms. The molecule has 5 amide bonds. The van der Waals surface area contributed by atoms with E-state index in [-0.39, 0.29) is 43.2 Å². The molecule has 15 N–H and O–H groups in total. The molecule has 0 spiro atoms. The first kappa shape index (κ1) is 50.6. The molecule has 18 heteroatoms. The van der Waals surface area contributed by atoms with Crippen molar-refractivity contribution in [1.29, 1.82) is 0 Å². The fourth-order valence-corrected chi connectivity index (χ4v) is 9.42. The van der Waals surface area contributed by atoms with E-state index in [4.69, 9.17) is 38.0 Å². The molecule has 4 fully saturated rings. The van der Waals surface area contributed by atoms with Crippen molar-refractivity contribution in [2.75, 3.05) is 19.6 Å². The molecule has 352 valence electrons. The van der Waals surface area contributed by atoms with Gasteiger partial charge in [0, 0.05) is 12.1 Å². The molecule has 1 heterocycles. The molecule has 1 unspecified atom stereocenters. The molecular formula is C46H73BN10O7. The van der Waals surface area contributed by atoms with Crippen molar-refractivity contribution in [1.82, 2.24) is 26.6 Å². The Bertz CT molecular complexity index is 1890. The van der Waals surface area contributed by atoms with Gasteiger partial charge in [0.25, 0.3) is 11.8 Å². The van der Waals surface area contributed by atoms with Gasteiger partial charge in [0.2, 0.25) is 17.7 Å². The summed E-state index contributed by atoms with van der Waals surface area (Å²) < 4.78 is 12.7. The quantitative estimate of drug-likeness (QED) is 0.0385. The van der Waals surface area contributed by atoms with E-state index in [1.807, 2.05) is 12.1 Å². The molecule has 6 rings (SSSR count). The van der Waals surface area contributed by atoms with Crippen LogP contribution in [0.5, 0.6) is 0 Å². The predicted octanol–water partition coefficient (Wildman–Crippen LogP) is 1.44. The molecule has 2 bridgehead atoms. The Morgan fingerprint density at radius 3 is 1.94 bits per heavy atom. The van der Waals surface area contributed by atoms with E-state index in [1.165, 1.54) is 5.56 Å². The summed E-state index contributed by atoms with van der Waals surface area (Å²) in [5, 5.41) is 13.4. The maximum atomic E-state index is 13.6. The van der Waals surface area contributed by atoms with Gasteiger partial charge < -0.3 is 64.6 Å². The molecule has 3 aliphatic carbocycles. The largest absolute Gasteiger partial charge is 0.497 e. The summed E-state index contributed by atoms with van der Waals surface area (Å²) in [7, 11) is -0.876. The monoisotopic (exact) mass is 889 g/mol. The molecule has 2 aromatic rings. The van der Waals surface area contributed by atoms with Gasteiger partial charge in [-0.2, -0.15) is 0 Å². The zero-order chi connectivity index (χ0) is 46.6. The van der Waals surface area contributed by atoms with Gasteiger partial charge in [-0.05, 0) is 137 Å². The fourth-order valence-electron chi connectivity index (χ4n) is 9.42. The van der Waals surface area contributed by atoms with Crippen LogP contribution < -0.4 is 55.3 Å². The minimum Gasteiger partial charge on any atom is -0.403 e. The number of benzene rings is 2. The first-order valence-corrected chi connectivity index (χ1v) is 23.2. The summed E-state index contributed by atoms with van der Waals surface area (Å²) in [6.07, 6.45) is 6.11. The number of nitrogens with one attached hydrogen (secondary N) is 5. The highest BCUT2D eigenvalue weighted by Gasteiger charge is 2.68. The molecule has 1 aliphatic heterocycles. The molecule has 4 aliphatic rings. The molecule has 1 saturated heterocycles. The predicted molar refractivity (Wildman–Crippen MR) is 247 cm³/mol. The lowest BCUT2D eigenvalue weighted by Crippen LogP contribution is -2.65. The van der Waals surface area contributed by atoms with Crippen molar-refractivity contribution in [3.63, 3.8) is 0 Å². The Balaban J connectivity index is 1.11. The number of aryl methyl sites for hydroxylation is 1. The van der Waals surface area contributed by atoms with Gasteiger partial charge >= 0.3 is 7.12 Å². The summed E-state index contributed by atoms with van der Waals surface area (Å²) in [6.45, 7) is 9.60. The van der Waals surface area contributed by atoms with Gasteiger partial charge in [-0.1, -0.05) is 63.6 Å². The standard InChI is InChI=1S/C46H73BN10O7/c1-5-6-11-28-14-16-29(17-15-28)30-18-20-31(21-19-30)39(58)53-25-10-8-13-34(54-40(59)33(50)22-24-49)41(60)56-38(51)43(62)55-35(12-7-9-23-48)42(61)57-44(52)47-63-37-27-32-26-36(45(32,2)3)46(37,4)64-47/h14-21,32-38,44H,5-13,22-27,48-52H2,1-4H3,(H,53,58)(H,54,59)(H,55,62)(H,56,60)(H,57,61)/t32-,33-,34-,35-,36-,37?,38+,44+,46-/m0/s1. The van der Waals surface area contributed by atoms with Crippen LogP contribution in [0.2, 0.25) is 0 Å². The Morgan fingerprint density at radius 1 is 0.719 bits per heavy atom. The van der Waals surface area contributed by atoms with Crippen LogP contribution in [0.25, 0.3) is 11.1 Å². The lowest BCUT2D eigenvalue weighted by molar-refractivity contribution is -0.199. The SMILES string of the molecule is CCCCc1ccc(-c2ccc(C(=O)NCCCC[C@H](NC(=O)[C@@H](N)CCN)C(=O)N[C@@H](N)C(=O)N[C@@H](CCCCN)C(=O)N[C@@H](N)B3OC4C[C@@H]5C[C@@H](C5(C)C)[C@]4(C)O3)cc2)cc1. The second-order valence-corrected chi connectivity index (χ2v) is 18.6. The molecule has 17 nitrogen and oxygen atoms in total. The number of carbonyl (C=O) groups is 5. The summed E-state index contributed by atoms with van der Waals surface area (Å²) in [5.74, 6) is -2.12. The number of hydrogen-bond acceptors (Lipinski definition) is 12. The van der Waals surface area contributed by atoms with Gasteiger partial charge in [-0.15, -0.1) is 0 Å². The molecule has 3 saturated carbocycles. The van der Waals surface area contributed by atoms with E-state index in [1.54, 1.807) is 12.1 Å². The molecule has 0 radical (unpaired) electrons. The van der Waals surface area contributed by atoms with Crippen LogP contribution in [0, 0.1) is 17.3 Å². The van der Waals surface area contributed by atoms with Crippen molar-refractivity contribution in [3.8, 4) is 11.1 Å². The lowest BCUT2D eigenvalue weighted by Gasteiger charge is -2.64. The number of hydrogen-bond donors (Lipinski definition) is 10. The topological polar surface area (TPSA) is 294 Å². The molecular weight excluding hydrogens is 815 g/mol. The minimum atomic E-state index is -1.58. The van der Waals surface area contributed by atoms with E-state index >= 15 is 0 Å². The second kappa shape index (κ2) is 23.2. The normalized spacial score (nSPS) is 23.0. The van der Waals surface area contributed by atoms with Gasteiger partial charge in [-0.3, -0.25) is 24.0 Å². The maximum absolute atomic E-state index is 13.6. The van der Waals surface area contributed by atoms with E-state index in [2.05, 4.69) is 78.5 Å². The van der Waals surface area contributed by atoms with Gasteiger partial charge in [0.1, 0.15) is 18.1 Å². The Hall–Kier alpha value is -4.43. The fraction of sp³-hybridized carbons (Fsp3) is 0.630. The van der Waals surface area contributed by atoms with Crippen LogP contribution in [0.1, 0.15) is 114 Å². The Labute approximate surface area is 378 Å². The minimum absolute atomic E-state index is 0.127. The number of rotatable bonds is 25. The van der Waals surface area contributed by atoms with Crippen LogP contribution in [-0.2, 0) is 34.9 Å². The van der Waals surface area contributed by atoms with Crippen molar-refractivity contribution < 1.29 is 33.3 Å². The van der Waals surface area contributed by atoms with Crippen LogP contribution in [-0.4, -0.2) is 98.4 Å². The maximum Gasteiger partial charge on any atom is 0.497 e. The second-order valence-electron chi connectivity index (χ2n) is 18.6. The highest BCUT2D eigenvalue weighted by Crippen LogP contribution is 2.65. The summed E-state index contributed by atoms with van der Waals surface area (Å²) >= 11 is 0. The van der Waals surface area contributed by atoms with Crippen LogP contribution in [0.3, 0.4) is 0 Å². The number of nitrogens with two attached hydrogens (primary N) is 5. The van der Waals surface area contributed by atoms with E-state index in [0.29, 0.717) is 56.2 Å². The molecule has 9 atom stereocenters. The smallest absolute Gasteiger partial charge is 0.403 e. The summed E-state index contributed by atoms with van der Waals surface area (Å²) in [5.41, 5.74) is 33.4. The third kappa shape index (κ3) is 12.7. The van der Waals surface area contributed by atoms with E-state index < -0.39 is 66.7 Å². The third-order valence-electron chi connectivity index (χ3n) is 13.6. The Morgan fingerprint density at radius 2 is 1.33 bits per heavy atom. The Kier molecular flexibility index (Phi) is 18.3. The van der Waals surface area contributed by atoms with Gasteiger partial charge in [-0.25, -0.2) is 0 Å². The van der Waals surface area contributed by atoms with Crippen molar-refractivity contribution in [2.24, 2.45) is 45.9 Å². The van der Waals surface area contributed by atoms with Gasteiger partial charge in [0.15, 0.2) is 6.17 Å². The van der Waals surface area contributed by atoms with E-state index in [0.717, 1.165) is 43.2 Å². The average Bonchev–Trinajstić information content (AvgIpc) is 3.65. The van der Waals surface area contributed by atoms with Crippen molar-refractivity contribution >= 4 is 36.7 Å². The zero-order valence-corrected chi connectivity index (χ0v) is 38.2. The number of unbranched alkanes of at least 4 members (excludes halogenated alkanes) is 3. The number of carbonyl (C=O) groups excluding carboxylic acids is 5. The highest BCUT2D eigenvalue weighted by molar-refractivity contribution is 6.47. The average molecular weight is 889 g/mol. The number of amides is 5. The first-order valence-electron chi connectivity index (χ1n) is 23.2. The van der Waals surface area contributed by atoms with Crippen LogP contribution in [0.4, 0.5) is 0 Å². The highest BCUT2D eigenvalue weighted by atomic mass is 16.7. The molecule has 0 aromatic heterocycles. The molecule has 2 aromatic carbocycles. The van der Waals surface area contributed by atoms with E-state index in [9.17, 15) is 24.0 Å². The lowest BCUT2D eigenvalue weighted by atomic mass is 9.43. The van der Waals surface area contributed by atoms with Crippen LogP contribution in [0.15, 0.2) is 48.5 Å². The summed E-state index contributed by atoms with van der Waals surface area (Å²) in [4.78, 5) is 66.5. The van der Waals surface area contributed by atoms with Gasteiger partial charge in [0.05, 0.1) is 17.7 Å². The van der Waals surface area contributed by atoms with Crippen LogP contribution >= 0.6 is 0 Å². The van der Waals surface area contributed by atoms with Crippen molar-refractivity contribution in [2.45, 2.75) is 147 Å². The first-order chi connectivity index (χ1) is 30.5. The van der Waals surface area contributed by atoms with Crippen molar-refractivity contribution in [3.05, 3.63) is 59.7 Å².